The lowest BCUT2D eigenvalue weighted by atomic mass is 9.83. The molecule has 1 fully saturated rings. The maximum absolute atomic E-state index is 11.1. The van der Waals surface area contributed by atoms with Gasteiger partial charge in [0.1, 0.15) is 5.75 Å². The zero-order valence-corrected chi connectivity index (χ0v) is 11.9. The largest absolute Gasteiger partial charge is 0.423 e. The predicted molar refractivity (Wildman–Crippen MR) is 80.3 cm³/mol. The lowest BCUT2D eigenvalue weighted by molar-refractivity contribution is -0.128. The summed E-state index contributed by atoms with van der Waals surface area (Å²) in [7, 11) is 0. The summed E-state index contributed by atoms with van der Waals surface area (Å²) in [6, 6.07) is 7.27. The van der Waals surface area contributed by atoms with Crippen molar-refractivity contribution >= 4 is 5.97 Å². The number of ether oxygens (including phenoxy) is 1. The fourth-order valence-electron chi connectivity index (χ4n) is 2.35. The van der Waals surface area contributed by atoms with Gasteiger partial charge in [-0.15, -0.1) is 0 Å². The maximum atomic E-state index is 11.1. The molecule has 20 heavy (non-hydrogen) atoms. The third-order valence-corrected chi connectivity index (χ3v) is 3.68. The minimum absolute atomic E-state index is 0.444. The quantitative estimate of drug-likeness (QED) is 0.351. The summed E-state index contributed by atoms with van der Waals surface area (Å²) in [5.74, 6) is 8.03. The smallest absolute Gasteiger partial charge is 0.335 e. The highest BCUT2D eigenvalue weighted by Gasteiger charge is 2.15. The number of hydrogen-bond acceptors (Lipinski definition) is 2. The summed E-state index contributed by atoms with van der Waals surface area (Å²) in [4.78, 5) is 11.1. The monoisotopic (exact) mass is 268 g/mol. The van der Waals surface area contributed by atoms with Gasteiger partial charge in [-0.1, -0.05) is 25.3 Å². The Morgan fingerprint density at radius 2 is 1.90 bits per heavy atom. The van der Waals surface area contributed by atoms with Crippen LogP contribution in [0.1, 0.15) is 38.2 Å². The Bertz CT molecular complexity index is 523. The average Bonchev–Trinajstić information content (AvgIpc) is 2.48. The van der Waals surface area contributed by atoms with E-state index < -0.39 is 5.97 Å². The highest BCUT2D eigenvalue weighted by molar-refractivity contribution is 5.83. The first-order valence-electron chi connectivity index (χ1n) is 7.13. The molecule has 1 aromatic carbocycles. The second-order valence-electron chi connectivity index (χ2n) is 5.38. The van der Waals surface area contributed by atoms with Crippen molar-refractivity contribution in [3.05, 3.63) is 42.5 Å². The summed E-state index contributed by atoms with van der Waals surface area (Å²) in [5, 5.41) is 0. The molecule has 2 rings (SSSR count). The normalized spacial score (nSPS) is 21.4. The van der Waals surface area contributed by atoms with Gasteiger partial charge in [0.25, 0.3) is 0 Å². The minimum Gasteiger partial charge on any atom is -0.423 e. The van der Waals surface area contributed by atoms with Crippen LogP contribution in [0.2, 0.25) is 0 Å². The molecule has 0 radical (unpaired) electrons. The van der Waals surface area contributed by atoms with Crippen LogP contribution in [0.5, 0.6) is 5.75 Å². The molecule has 2 heteroatoms. The van der Waals surface area contributed by atoms with Gasteiger partial charge in [-0.25, -0.2) is 4.79 Å². The molecule has 0 spiro atoms. The highest BCUT2D eigenvalue weighted by atomic mass is 16.5. The molecule has 0 amide bonds. The summed E-state index contributed by atoms with van der Waals surface area (Å²) < 4.78 is 5.02. The third kappa shape index (κ3) is 4.28. The van der Waals surface area contributed by atoms with E-state index in [9.17, 15) is 4.79 Å². The Hall–Kier alpha value is -2.01. The molecule has 0 saturated heterocycles. The first kappa shape index (κ1) is 14.4. The van der Waals surface area contributed by atoms with E-state index in [0.29, 0.717) is 11.7 Å². The van der Waals surface area contributed by atoms with Crippen LogP contribution in [0.15, 0.2) is 36.9 Å². The molecular weight excluding hydrogens is 248 g/mol. The maximum Gasteiger partial charge on any atom is 0.335 e. The fraction of sp³-hybridized carbons (Fsp3) is 0.389. The van der Waals surface area contributed by atoms with E-state index in [2.05, 4.69) is 25.3 Å². The molecule has 2 nitrogen and oxygen atoms in total. The number of hydrogen-bond donors (Lipinski definition) is 0. The predicted octanol–water partition coefficient (Wildman–Crippen LogP) is 3.96. The van der Waals surface area contributed by atoms with E-state index in [-0.39, 0.29) is 0 Å². The first-order valence-corrected chi connectivity index (χ1v) is 7.13. The molecule has 0 unspecified atom stereocenters. The molecule has 0 atom stereocenters. The molecule has 0 aliphatic heterocycles. The fourth-order valence-corrected chi connectivity index (χ4v) is 2.35. The van der Waals surface area contributed by atoms with Crippen molar-refractivity contribution in [3.8, 4) is 17.6 Å². The Kier molecular flexibility index (Phi) is 5.01. The van der Waals surface area contributed by atoms with Crippen LogP contribution in [-0.4, -0.2) is 5.97 Å². The minimum atomic E-state index is -0.444. The summed E-state index contributed by atoms with van der Waals surface area (Å²) in [6.07, 6.45) is 6.15. The Morgan fingerprint density at radius 1 is 1.25 bits per heavy atom. The zero-order valence-electron chi connectivity index (χ0n) is 11.9. The molecule has 1 saturated carbocycles. The third-order valence-electron chi connectivity index (χ3n) is 3.68. The number of benzene rings is 1. The molecule has 0 heterocycles. The van der Waals surface area contributed by atoms with Gasteiger partial charge in [-0.05, 0) is 55.9 Å². The number of rotatable bonds is 2. The van der Waals surface area contributed by atoms with Crippen LogP contribution in [0.3, 0.4) is 0 Å². The van der Waals surface area contributed by atoms with Crippen molar-refractivity contribution in [2.45, 2.75) is 32.6 Å². The Labute approximate surface area is 120 Å². The van der Waals surface area contributed by atoms with Crippen molar-refractivity contribution in [2.75, 3.05) is 0 Å². The molecule has 0 aromatic heterocycles. The van der Waals surface area contributed by atoms with Crippen LogP contribution in [0, 0.1) is 23.7 Å². The molecule has 0 N–H and O–H groups in total. The number of carbonyl (C=O) groups excluding carboxylic acids is 1. The van der Waals surface area contributed by atoms with Crippen LogP contribution in [0.25, 0.3) is 0 Å². The van der Waals surface area contributed by atoms with Crippen molar-refractivity contribution in [1.82, 2.24) is 0 Å². The summed E-state index contributed by atoms with van der Waals surface area (Å²) >= 11 is 0. The molecule has 1 aliphatic rings. The van der Waals surface area contributed by atoms with Gasteiger partial charge in [0, 0.05) is 17.6 Å². The molecule has 1 aromatic rings. The molecule has 0 bridgehead atoms. The van der Waals surface area contributed by atoms with E-state index in [1.54, 1.807) is 12.1 Å². The van der Waals surface area contributed by atoms with Crippen LogP contribution >= 0.6 is 0 Å². The summed E-state index contributed by atoms with van der Waals surface area (Å²) in [6.45, 7) is 5.68. The molecule has 104 valence electrons. The molecular formula is C18H20O2. The van der Waals surface area contributed by atoms with Gasteiger partial charge in [0.2, 0.25) is 0 Å². The van der Waals surface area contributed by atoms with Crippen molar-refractivity contribution in [3.63, 3.8) is 0 Å². The second kappa shape index (κ2) is 6.96. The SMILES string of the molecule is C=CC(=O)Oc1ccc(C#CC2CCC(C)CC2)cc1. The second-order valence-corrected chi connectivity index (χ2v) is 5.38. The Morgan fingerprint density at radius 3 is 2.50 bits per heavy atom. The average molecular weight is 268 g/mol. The number of carbonyl (C=O) groups is 1. The van der Waals surface area contributed by atoms with Gasteiger partial charge >= 0.3 is 5.97 Å². The lowest BCUT2D eigenvalue weighted by Crippen LogP contribution is -2.10. The Balaban J connectivity index is 1.94. The van der Waals surface area contributed by atoms with Crippen LogP contribution in [-0.2, 0) is 4.79 Å². The molecule has 1 aliphatic carbocycles. The topological polar surface area (TPSA) is 26.3 Å². The zero-order chi connectivity index (χ0) is 14.4. The van der Waals surface area contributed by atoms with E-state index >= 15 is 0 Å². The van der Waals surface area contributed by atoms with Crippen LogP contribution in [0.4, 0.5) is 0 Å². The van der Waals surface area contributed by atoms with E-state index in [4.69, 9.17) is 4.74 Å². The van der Waals surface area contributed by atoms with Crippen LogP contribution < -0.4 is 4.74 Å². The highest BCUT2D eigenvalue weighted by Crippen LogP contribution is 2.27. The number of esters is 1. The summed E-state index contributed by atoms with van der Waals surface area (Å²) in [5.41, 5.74) is 0.960. The van der Waals surface area contributed by atoms with E-state index in [1.165, 1.54) is 25.7 Å². The van der Waals surface area contributed by atoms with Crippen molar-refractivity contribution < 1.29 is 9.53 Å². The van der Waals surface area contributed by atoms with Gasteiger partial charge in [-0.3, -0.25) is 0 Å². The van der Waals surface area contributed by atoms with Gasteiger partial charge in [0.05, 0.1) is 0 Å². The first-order chi connectivity index (χ1) is 9.67. The van der Waals surface area contributed by atoms with E-state index in [1.807, 2.05) is 12.1 Å². The van der Waals surface area contributed by atoms with Crippen molar-refractivity contribution in [2.24, 2.45) is 11.8 Å². The van der Waals surface area contributed by atoms with Crippen molar-refractivity contribution in [1.29, 1.82) is 0 Å². The lowest BCUT2D eigenvalue weighted by Gasteiger charge is -2.21. The van der Waals surface area contributed by atoms with E-state index in [0.717, 1.165) is 17.6 Å². The standard InChI is InChI=1S/C18H20O2/c1-3-18(19)20-17-12-10-16(11-13-17)9-8-15-6-4-14(2)5-7-15/h3,10-15H,1,4-7H2,2H3. The van der Waals surface area contributed by atoms with Gasteiger partial charge in [0.15, 0.2) is 0 Å². The van der Waals surface area contributed by atoms with Gasteiger partial charge in [-0.2, -0.15) is 0 Å². The van der Waals surface area contributed by atoms with Gasteiger partial charge < -0.3 is 4.74 Å².